The highest BCUT2D eigenvalue weighted by Crippen LogP contribution is 2.25. The number of imidazole rings is 1. The summed E-state index contributed by atoms with van der Waals surface area (Å²) in [4.78, 5) is 6.42. The summed E-state index contributed by atoms with van der Waals surface area (Å²) < 4.78 is 7.34. The Hall–Kier alpha value is -2.78. The summed E-state index contributed by atoms with van der Waals surface area (Å²) in [6, 6.07) is 6.29. The van der Waals surface area contributed by atoms with E-state index in [1.807, 2.05) is 11.6 Å². The van der Waals surface area contributed by atoms with Crippen LogP contribution in [0.25, 0.3) is 10.9 Å². The zero-order chi connectivity index (χ0) is 15.6. The molecule has 0 atom stereocenters. The minimum atomic E-state index is 0.772. The van der Waals surface area contributed by atoms with Gasteiger partial charge in [0.05, 0.1) is 31.1 Å². The van der Waals surface area contributed by atoms with Crippen LogP contribution in [0.1, 0.15) is 11.4 Å². The number of hydrogen-bond donors (Lipinski definition) is 1. The van der Waals surface area contributed by atoms with E-state index in [0.29, 0.717) is 0 Å². The van der Waals surface area contributed by atoms with Gasteiger partial charge in [0.1, 0.15) is 11.4 Å². The monoisotopic (exact) mass is 308 g/mol. The minimum absolute atomic E-state index is 0.772. The number of rotatable bonds is 1. The number of ether oxygens (including phenoxy) is 1. The molecule has 0 aliphatic carbocycles. The van der Waals surface area contributed by atoms with Crippen LogP contribution in [-0.4, -0.2) is 41.0 Å². The van der Waals surface area contributed by atoms with Crippen molar-refractivity contribution in [1.29, 1.82) is 0 Å². The number of fused-ring (bicyclic) bond motifs is 1. The largest absolute Gasteiger partial charge is 0.378 e. The van der Waals surface area contributed by atoms with Crippen LogP contribution in [0, 0.1) is 11.8 Å². The molecule has 3 heterocycles. The van der Waals surface area contributed by atoms with Gasteiger partial charge in [0.25, 0.3) is 5.52 Å². The lowest BCUT2D eigenvalue weighted by Crippen LogP contribution is -2.36. The number of nitrogens with zero attached hydrogens (tertiary/aromatic N) is 3. The van der Waals surface area contributed by atoms with E-state index >= 15 is 0 Å². The molecule has 116 valence electrons. The van der Waals surface area contributed by atoms with Crippen molar-refractivity contribution in [2.24, 2.45) is 7.05 Å². The normalized spacial score (nSPS) is 14.7. The van der Waals surface area contributed by atoms with Crippen molar-refractivity contribution in [3.05, 3.63) is 42.1 Å². The molecular weight excluding hydrogens is 290 g/mol. The fourth-order valence-electron chi connectivity index (χ4n) is 2.84. The zero-order valence-electron chi connectivity index (χ0n) is 13.0. The molecule has 0 saturated carbocycles. The van der Waals surface area contributed by atoms with Gasteiger partial charge in [-0.3, -0.25) is 0 Å². The van der Waals surface area contributed by atoms with Crippen LogP contribution in [0.3, 0.4) is 0 Å². The van der Waals surface area contributed by atoms with Crippen molar-refractivity contribution in [2.45, 2.75) is 0 Å². The number of morpholine rings is 1. The van der Waals surface area contributed by atoms with Gasteiger partial charge < -0.3 is 14.2 Å². The molecule has 0 unspecified atom stereocenters. The van der Waals surface area contributed by atoms with E-state index in [1.165, 1.54) is 5.69 Å². The van der Waals surface area contributed by atoms with Crippen LogP contribution < -0.4 is 10.00 Å². The summed E-state index contributed by atoms with van der Waals surface area (Å²) in [5.74, 6) is 6.35. The van der Waals surface area contributed by atoms with Gasteiger partial charge in [-0.2, -0.15) is 5.10 Å². The molecule has 2 N–H and O–H groups in total. The van der Waals surface area contributed by atoms with Crippen molar-refractivity contribution in [3.63, 3.8) is 0 Å². The fraction of sp³-hybridized carbons (Fsp3) is 0.294. The summed E-state index contributed by atoms with van der Waals surface area (Å²) in [6.45, 7) is 3.37. The first-order chi connectivity index (χ1) is 11.3. The molecule has 1 fully saturated rings. The highest BCUT2D eigenvalue weighted by molar-refractivity contribution is 5.91. The number of para-hydroxylation sites is 1. The molecule has 6 heteroatoms. The Morgan fingerprint density at radius 2 is 2.13 bits per heavy atom. The van der Waals surface area contributed by atoms with E-state index in [9.17, 15) is 0 Å². The highest BCUT2D eigenvalue weighted by Gasteiger charge is 2.20. The number of benzene rings is 1. The third kappa shape index (κ3) is 2.56. The molecule has 1 saturated heterocycles. The Balaban J connectivity index is 1.73. The van der Waals surface area contributed by atoms with Crippen molar-refractivity contribution >= 4 is 16.6 Å². The van der Waals surface area contributed by atoms with Crippen molar-refractivity contribution < 1.29 is 9.84 Å². The maximum Gasteiger partial charge on any atom is 0.260 e. The Morgan fingerprint density at radius 1 is 1.26 bits per heavy atom. The Labute approximate surface area is 134 Å². The Morgan fingerprint density at radius 3 is 2.91 bits per heavy atom. The number of hydrogen-bond acceptors (Lipinski definition) is 3. The molecule has 0 amide bonds. The van der Waals surface area contributed by atoms with Crippen LogP contribution in [0.2, 0.25) is 0 Å². The summed E-state index contributed by atoms with van der Waals surface area (Å²) in [5.41, 5.74) is 4.05. The van der Waals surface area contributed by atoms with E-state index < -0.39 is 0 Å². The van der Waals surface area contributed by atoms with E-state index in [2.05, 4.69) is 50.1 Å². The third-order valence-electron chi connectivity index (χ3n) is 4.11. The molecule has 23 heavy (non-hydrogen) atoms. The SMILES string of the molecule is Cn1cncc1C#Cc1[nH][nH+]c2c(N3CCOCC3)cccc12. The van der Waals surface area contributed by atoms with Gasteiger partial charge in [-0.15, -0.1) is 5.10 Å². The number of nitrogens with one attached hydrogen (secondary N) is 2. The number of anilines is 1. The van der Waals surface area contributed by atoms with E-state index in [4.69, 9.17) is 4.74 Å². The molecular formula is C17H18N5O+. The van der Waals surface area contributed by atoms with Gasteiger partial charge in [0, 0.05) is 20.1 Å². The van der Waals surface area contributed by atoms with Crippen LogP contribution in [-0.2, 0) is 11.8 Å². The number of H-pyrrole nitrogens is 2. The topological polar surface area (TPSA) is 60.2 Å². The number of aryl methyl sites for hydroxylation is 1. The molecule has 0 radical (unpaired) electrons. The maximum absolute atomic E-state index is 5.44. The summed E-state index contributed by atoms with van der Waals surface area (Å²) in [7, 11) is 1.94. The first-order valence-corrected chi connectivity index (χ1v) is 7.66. The second-order valence-corrected chi connectivity index (χ2v) is 5.56. The highest BCUT2D eigenvalue weighted by atomic mass is 16.5. The average Bonchev–Trinajstić information content (AvgIpc) is 3.19. The molecule has 1 aromatic carbocycles. The van der Waals surface area contributed by atoms with Crippen molar-refractivity contribution in [2.75, 3.05) is 31.2 Å². The fourth-order valence-corrected chi connectivity index (χ4v) is 2.84. The van der Waals surface area contributed by atoms with Crippen LogP contribution >= 0.6 is 0 Å². The summed E-state index contributed by atoms with van der Waals surface area (Å²) in [5, 5.41) is 7.56. The smallest absolute Gasteiger partial charge is 0.260 e. The van der Waals surface area contributed by atoms with Crippen LogP contribution in [0.15, 0.2) is 30.7 Å². The molecule has 3 aromatic rings. The van der Waals surface area contributed by atoms with E-state index in [1.54, 1.807) is 12.5 Å². The maximum atomic E-state index is 5.44. The van der Waals surface area contributed by atoms with E-state index in [-0.39, 0.29) is 0 Å². The first-order valence-electron chi connectivity index (χ1n) is 7.66. The second kappa shape index (κ2) is 5.78. The second-order valence-electron chi connectivity index (χ2n) is 5.56. The van der Waals surface area contributed by atoms with Gasteiger partial charge in [0.15, 0.2) is 5.69 Å². The molecule has 4 rings (SSSR count). The Bertz CT molecular complexity index is 892. The average molecular weight is 308 g/mol. The van der Waals surface area contributed by atoms with Crippen LogP contribution in [0.4, 0.5) is 5.69 Å². The van der Waals surface area contributed by atoms with Gasteiger partial charge >= 0.3 is 0 Å². The minimum Gasteiger partial charge on any atom is -0.378 e. The van der Waals surface area contributed by atoms with E-state index in [0.717, 1.165) is 48.6 Å². The summed E-state index contributed by atoms with van der Waals surface area (Å²) >= 11 is 0. The summed E-state index contributed by atoms with van der Waals surface area (Å²) in [6.07, 6.45) is 3.51. The lowest BCUT2D eigenvalue weighted by Gasteiger charge is -2.27. The standard InChI is InChI=1S/C17H17N5O/c1-21-12-18-11-13(21)5-6-15-14-3-2-4-16(17(14)20-19-15)22-7-9-23-10-8-22/h2-4,11-12H,7-10H2,1H3,(H,19,20)/p+1. The van der Waals surface area contributed by atoms with Crippen molar-refractivity contribution in [1.82, 2.24) is 14.6 Å². The predicted molar refractivity (Wildman–Crippen MR) is 87.1 cm³/mol. The predicted octanol–water partition coefficient (Wildman–Crippen LogP) is 0.952. The molecule has 2 aromatic heterocycles. The van der Waals surface area contributed by atoms with Crippen molar-refractivity contribution in [3.8, 4) is 11.8 Å². The van der Waals surface area contributed by atoms with Gasteiger partial charge in [0.2, 0.25) is 0 Å². The van der Waals surface area contributed by atoms with Crippen LogP contribution in [0.5, 0.6) is 0 Å². The number of aromatic amines is 2. The molecule has 1 aliphatic rings. The molecule has 6 nitrogen and oxygen atoms in total. The zero-order valence-corrected chi connectivity index (χ0v) is 13.0. The molecule has 1 aliphatic heterocycles. The third-order valence-corrected chi connectivity index (χ3v) is 4.11. The van der Waals surface area contributed by atoms with Gasteiger partial charge in [-0.25, -0.2) is 4.98 Å². The van der Waals surface area contributed by atoms with Gasteiger partial charge in [-0.05, 0) is 24.0 Å². The molecule has 0 spiro atoms. The Kier molecular flexibility index (Phi) is 3.48. The lowest BCUT2D eigenvalue weighted by molar-refractivity contribution is -0.420. The number of aromatic nitrogens is 4. The molecule has 0 bridgehead atoms. The first kappa shape index (κ1) is 13.9. The quantitative estimate of drug-likeness (QED) is 0.681. The van der Waals surface area contributed by atoms with Gasteiger partial charge in [-0.1, -0.05) is 6.07 Å². The lowest BCUT2D eigenvalue weighted by atomic mass is 10.1.